The summed E-state index contributed by atoms with van der Waals surface area (Å²) in [6.07, 6.45) is 1.96. The molecule has 3 N–H and O–H groups in total. The molecule has 0 aromatic heterocycles. The Morgan fingerprint density at radius 3 is 2.56 bits per heavy atom. The number of nitrogens with two attached hydrogens (primary N) is 1. The average molecular weight is 256 g/mol. The number of hydrogen-bond acceptors (Lipinski definition) is 3. The highest BCUT2D eigenvalue weighted by Crippen LogP contribution is 2.20. The second-order valence-electron chi connectivity index (χ2n) is 5.60. The van der Waals surface area contributed by atoms with Crippen molar-refractivity contribution in [2.24, 2.45) is 23.5 Å². The monoisotopic (exact) mass is 256 g/mol. The second kappa shape index (κ2) is 6.73. The summed E-state index contributed by atoms with van der Waals surface area (Å²) in [6.45, 7) is 5.66. The van der Waals surface area contributed by atoms with Crippen LogP contribution >= 0.6 is 0 Å². The van der Waals surface area contributed by atoms with Crippen LogP contribution in [0, 0.1) is 17.8 Å². The molecule has 104 valence electrons. The topological polar surface area (TPSA) is 83.6 Å². The van der Waals surface area contributed by atoms with E-state index in [9.17, 15) is 9.59 Å². The number of carbonyl (C=O) groups excluding carboxylic acids is 1. The molecule has 2 atom stereocenters. The molecule has 0 aliphatic carbocycles. The summed E-state index contributed by atoms with van der Waals surface area (Å²) < 4.78 is 0. The lowest BCUT2D eigenvalue weighted by molar-refractivity contribution is -0.141. The van der Waals surface area contributed by atoms with Gasteiger partial charge in [0.25, 0.3) is 0 Å². The number of aliphatic carboxylic acids is 1. The Balaban J connectivity index is 2.43. The first kappa shape index (κ1) is 15.0. The van der Waals surface area contributed by atoms with E-state index in [0.717, 1.165) is 6.42 Å². The molecule has 18 heavy (non-hydrogen) atoms. The van der Waals surface area contributed by atoms with E-state index in [2.05, 4.69) is 13.8 Å². The number of likely N-dealkylation sites (tertiary alicyclic amines) is 1. The highest BCUT2D eigenvalue weighted by Gasteiger charge is 2.31. The van der Waals surface area contributed by atoms with E-state index in [4.69, 9.17) is 10.8 Å². The lowest BCUT2D eigenvalue weighted by Gasteiger charge is -2.21. The van der Waals surface area contributed by atoms with E-state index in [1.54, 1.807) is 4.90 Å². The molecular formula is C13H24N2O3. The van der Waals surface area contributed by atoms with Gasteiger partial charge in [0.2, 0.25) is 5.91 Å². The van der Waals surface area contributed by atoms with Gasteiger partial charge in [-0.15, -0.1) is 0 Å². The fourth-order valence-corrected chi connectivity index (χ4v) is 2.49. The molecule has 5 heteroatoms. The van der Waals surface area contributed by atoms with E-state index in [1.807, 2.05) is 0 Å². The number of amides is 1. The molecule has 1 rings (SSSR count). The number of rotatable bonds is 6. The Morgan fingerprint density at radius 2 is 2.11 bits per heavy atom. The summed E-state index contributed by atoms with van der Waals surface area (Å²) >= 11 is 0. The third-order valence-electron chi connectivity index (χ3n) is 3.49. The van der Waals surface area contributed by atoms with Crippen LogP contribution in [0.25, 0.3) is 0 Å². The van der Waals surface area contributed by atoms with Crippen molar-refractivity contribution in [1.29, 1.82) is 0 Å². The van der Waals surface area contributed by atoms with Crippen LogP contribution in [0.2, 0.25) is 0 Å². The SMILES string of the molecule is CC(C)C[C@H](CN)CC(=O)N1CCC(C(=O)O)C1. The van der Waals surface area contributed by atoms with Crippen molar-refractivity contribution in [2.45, 2.75) is 33.1 Å². The predicted octanol–water partition coefficient (Wildman–Crippen LogP) is 0.931. The number of carboxylic acid groups (broad SMARTS) is 1. The Labute approximate surface area is 108 Å². The van der Waals surface area contributed by atoms with Gasteiger partial charge in [-0.05, 0) is 31.2 Å². The largest absolute Gasteiger partial charge is 0.481 e. The summed E-state index contributed by atoms with van der Waals surface area (Å²) in [6, 6.07) is 0. The fourth-order valence-electron chi connectivity index (χ4n) is 2.49. The van der Waals surface area contributed by atoms with Crippen molar-refractivity contribution in [1.82, 2.24) is 4.90 Å². The Morgan fingerprint density at radius 1 is 1.44 bits per heavy atom. The van der Waals surface area contributed by atoms with Crippen LogP contribution in [-0.2, 0) is 9.59 Å². The normalized spacial score (nSPS) is 21.3. The van der Waals surface area contributed by atoms with Crippen molar-refractivity contribution in [3.05, 3.63) is 0 Å². The van der Waals surface area contributed by atoms with E-state index >= 15 is 0 Å². The van der Waals surface area contributed by atoms with Gasteiger partial charge in [0, 0.05) is 19.5 Å². The summed E-state index contributed by atoms with van der Waals surface area (Å²) in [5.74, 6) is -0.411. The summed E-state index contributed by atoms with van der Waals surface area (Å²) in [4.78, 5) is 24.5. The van der Waals surface area contributed by atoms with Crippen LogP contribution in [0.5, 0.6) is 0 Å². The molecule has 0 saturated carbocycles. The summed E-state index contributed by atoms with van der Waals surface area (Å²) in [5.41, 5.74) is 5.68. The van der Waals surface area contributed by atoms with Gasteiger partial charge in [-0.2, -0.15) is 0 Å². The van der Waals surface area contributed by atoms with E-state index < -0.39 is 11.9 Å². The van der Waals surface area contributed by atoms with Gasteiger partial charge in [-0.3, -0.25) is 9.59 Å². The molecular weight excluding hydrogens is 232 g/mol. The van der Waals surface area contributed by atoms with E-state index in [-0.39, 0.29) is 11.8 Å². The van der Waals surface area contributed by atoms with Crippen molar-refractivity contribution in [2.75, 3.05) is 19.6 Å². The van der Waals surface area contributed by atoms with Gasteiger partial charge in [-0.1, -0.05) is 13.8 Å². The zero-order valence-electron chi connectivity index (χ0n) is 11.3. The molecule has 5 nitrogen and oxygen atoms in total. The predicted molar refractivity (Wildman–Crippen MR) is 68.9 cm³/mol. The molecule has 1 aliphatic heterocycles. The molecule has 1 saturated heterocycles. The van der Waals surface area contributed by atoms with Crippen molar-refractivity contribution in [3.63, 3.8) is 0 Å². The van der Waals surface area contributed by atoms with Gasteiger partial charge in [0.15, 0.2) is 0 Å². The standard InChI is InChI=1S/C13H24N2O3/c1-9(2)5-10(7-14)6-12(16)15-4-3-11(8-15)13(17)18/h9-11H,3-8,14H2,1-2H3,(H,17,18)/t10-,11?/m0/s1. The third kappa shape index (κ3) is 4.29. The molecule has 0 radical (unpaired) electrons. The summed E-state index contributed by atoms with van der Waals surface area (Å²) in [7, 11) is 0. The highest BCUT2D eigenvalue weighted by molar-refractivity contribution is 5.78. The van der Waals surface area contributed by atoms with Crippen LogP contribution in [0.1, 0.15) is 33.1 Å². The Bertz CT molecular complexity index is 305. The quantitative estimate of drug-likeness (QED) is 0.740. The Kier molecular flexibility index (Phi) is 5.59. The lowest BCUT2D eigenvalue weighted by atomic mass is 9.94. The summed E-state index contributed by atoms with van der Waals surface area (Å²) in [5, 5.41) is 8.90. The van der Waals surface area contributed by atoms with Gasteiger partial charge in [0.1, 0.15) is 0 Å². The molecule has 1 heterocycles. The van der Waals surface area contributed by atoms with Crippen LogP contribution in [0.3, 0.4) is 0 Å². The molecule has 0 aromatic rings. The van der Waals surface area contributed by atoms with Gasteiger partial charge >= 0.3 is 5.97 Å². The molecule has 0 spiro atoms. The van der Waals surface area contributed by atoms with E-state index in [0.29, 0.717) is 38.4 Å². The van der Waals surface area contributed by atoms with Crippen LogP contribution in [0.15, 0.2) is 0 Å². The highest BCUT2D eigenvalue weighted by atomic mass is 16.4. The first-order chi connectivity index (χ1) is 8.43. The third-order valence-corrected chi connectivity index (χ3v) is 3.49. The minimum Gasteiger partial charge on any atom is -0.481 e. The first-order valence-electron chi connectivity index (χ1n) is 6.64. The maximum atomic E-state index is 12.0. The van der Waals surface area contributed by atoms with Crippen LogP contribution < -0.4 is 5.73 Å². The maximum Gasteiger partial charge on any atom is 0.308 e. The molecule has 0 bridgehead atoms. The molecule has 0 aromatic carbocycles. The Hall–Kier alpha value is -1.10. The number of nitrogens with zero attached hydrogens (tertiary/aromatic N) is 1. The number of carboxylic acids is 1. The average Bonchev–Trinajstić information content (AvgIpc) is 2.76. The zero-order chi connectivity index (χ0) is 13.7. The number of hydrogen-bond donors (Lipinski definition) is 2. The maximum absolute atomic E-state index is 12.0. The smallest absolute Gasteiger partial charge is 0.308 e. The molecule has 1 amide bonds. The van der Waals surface area contributed by atoms with Crippen LogP contribution in [-0.4, -0.2) is 41.5 Å². The second-order valence-corrected chi connectivity index (χ2v) is 5.60. The van der Waals surface area contributed by atoms with Gasteiger partial charge in [0.05, 0.1) is 5.92 Å². The molecule has 1 unspecified atom stereocenters. The minimum atomic E-state index is -0.803. The lowest BCUT2D eigenvalue weighted by Crippen LogP contribution is -2.33. The molecule has 1 fully saturated rings. The van der Waals surface area contributed by atoms with Gasteiger partial charge < -0.3 is 15.7 Å². The minimum absolute atomic E-state index is 0.0508. The van der Waals surface area contributed by atoms with Crippen molar-refractivity contribution >= 4 is 11.9 Å². The van der Waals surface area contributed by atoms with Gasteiger partial charge in [-0.25, -0.2) is 0 Å². The number of carbonyl (C=O) groups is 2. The van der Waals surface area contributed by atoms with E-state index in [1.165, 1.54) is 0 Å². The van der Waals surface area contributed by atoms with Crippen molar-refractivity contribution in [3.8, 4) is 0 Å². The first-order valence-corrected chi connectivity index (χ1v) is 6.64. The fraction of sp³-hybridized carbons (Fsp3) is 0.846. The van der Waals surface area contributed by atoms with Crippen molar-refractivity contribution < 1.29 is 14.7 Å². The zero-order valence-corrected chi connectivity index (χ0v) is 11.3. The van der Waals surface area contributed by atoms with Crippen LogP contribution in [0.4, 0.5) is 0 Å². The molecule has 1 aliphatic rings.